The molecular formula is C15H21N3O2. The number of hydrogen-bond donors (Lipinski definition) is 3. The Labute approximate surface area is 119 Å². The molecule has 1 aromatic carbocycles. The molecule has 0 unspecified atom stereocenters. The number of nitrogens with two attached hydrogens (primary N) is 1. The highest BCUT2D eigenvalue weighted by molar-refractivity contribution is 5.94. The van der Waals surface area contributed by atoms with Gasteiger partial charge in [-0.2, -0.15) is 0 Å². The maximum absolute atomic E-state index is 11.5. The van der Waals surface area contributed by atoms with Crippen molar-refractivity contribution in [1.29, 1.82) is 0 Å². The molecule has 0 atom stereocenters. The van der Waals surface area contributed by atoms with E-state index in [4.69, 9.17) is 5.73 Å². The van der Waals surface area contributed by atoms with Crippen LogP contribution in [0, 0.1) is 5.92 Å². The molecule has 0 spiro atoms. The zero-order chi connectivity index (χ0) is 15.0. The van der Waals surface area contributed by atoms with Gasteiger partial charge in [0.05, 0.1) is 6.54 Å². The quantitative estimate of drug-likeness (QED) is 0.538. The van der Waals surface area contributed by atoms with Gasteiger partial charge >= 0.3 is 0 Å². The zero-order valence-electron chi connectivity index (χ0n) is 11.8. The largest absolute Gasteiger partial charge is 0.399 e. The van der Waals surface area contributed by atoms with Crippen LogP contribution in [0.3, 0.4) is 0 Å². The summed E-state index contributed by atoms with van der Waals surface area (Å²) in [6.45, 7) is 4.60. The van der Waals surface area contributed by atoms with Crippen LogP contribution in [0.15, 0.2) is 30.3 Å². The van der Waals surface area contributed by atoms with E-state index in [2.05, 4.69) is 10.6 Å². The fraction of sp³-hybridized carbons (Fsp3) is 0.333. The lowest BCUT2D eigenvalue weighted by molar-refractivity contribution is -0.124. The Morgan fingerprint density at radius 1 is 1.30 bits per heavy atom. The van der Waals surface area contributed by atoms with Crippen LogP contribution in [0.1, 0.15) is 19.4 Å². The monoisotopic (exact) mass is 275 g/mol. The number of carbonyl (C=O) groups excluding carboxylic acids is 2. The number of nitrogens with one attached hydrogen (secondary N) is 2. The second kappa shape index (κ2) is 7.99. The van der Waals surface area contributed by atoms with Crippen molar-refractivity contribution in [1.82, 2.24) is 10.6 Å². The van der Waals surface area contributed by atoms with Crippen LogP contribution < -0.4 is 16.4 Å². The summed E-state index contributed by atoms with van der Waals surface area (Å²) < 4.78 is 0. The predicted molar refractivity (Wildman–Crippen MR) is 80.7 cm³/mol. The first-order valence-electron chi connectivity index (χ1n) is 6.55. The molecule has 0 aliphatic rings. The van der Waals surface area contributed by atoms with Gasteiger partial charge in [-0.1, -0.05) is 26.0 Å². The van der Waals surface area contributed by atoms with Crippen LogP contribution in [-0.2, 0) is 9.59 Å². The first kappa shape index (κ1) is 15.8. The maximum Gasteiger partial charge on any atom is 0.244 e. The SMILES string of the molecule is CC(C)CNC(=O)CNC(=O)/C=C/c1cccc(N)c1. The maximum atomic E-state index is 11.5. The van der Waals surface area contributed by atoms with Crippen LogP contribution in [-0.4, -0.2) is 24.9 Å². The standard InChI is InChI=1S/C15H21N3O2/c1-11(2)9-17-15(20)10-18-14(19)7-6-12-4-3-5-13(16)8-12/h3-8,11H,9-10,16H2,1-2H3,(H,17,20)(H,18,19)/b7-6+. The van der Waals surface area contributed by atoms with Gasteiger partial charge in [-0.3, -0.25) is 9.59 Å². The van der Waals surface area contributed by atoms with Crippen LogP contribution in [0.2, 0.25) is 0 Å². The Kier molecular flexibility index (Phi) is 6.29. The van der Waals surface area contributed by atoms with E-state index >= 15 is 0 Å². The average Bonchev–Trinajstić information content (AvgIpc) is 2.40. The molecule has 4 N–H and O–H groups in total. The Balaban J connectivity index is 2.35. The molecule has 0 saturated heterocycles. The van der Waals surface area contributed by atoms with Crippen molar-refractivity contribution in [2.75, 3.05) is 18.8 Å². The van der Waals surface area contributed by atoms with Gasteiger partial charge in [0.1, 0.15) is 0 Å². The number of amides is 2. The topological polar surface area (TPSA) is 84.2 Å². The van der Waals surface area contributed by atoms with Gasteiger partial charge in [-0.15, -0.1) is 0 Å². The lowest BCUT2D eigenvalue weighted by Crippen LogP contribution is -2.37. The van der Waals surface area contributed by atoms with E-state index in [9.17, 15) is 9.59 Å². The average molecular weight is 275 g/mol. The third-order valence-electron chi connectivity index (χ3n) is 2.47. The number of carbonyl (C=O) groups is 2. The molecule has 108 valence electrons. The van der Waals surface area contributed by atoms with E-state index in [1.54, 1.807) is 18.2 Å². The highest BCUT2D eigenvalue weighted by Crippen LogP contribution is 2.07. The minimum atomic E-state index is -0.313. The third-order valence-corrected chi connectivity index (χ3v) is 2.47. The van der Waals surface area contributed by atoms with Gasteiger partial charge in [0.2, 0.25) is 11.8 Å². The summed E-state index contributed by atoms with van der Waals surface area (Å²) in [5, 5.41) is 5.25. The molecule has 0 radical (unpaired) electrons. The highest BCUT2D eigenvalue weighted by Gasteiger charge is 2.03. The molecular weight excluding hydrogens is 254 g/mol. The van der Waals surface area contributed by atoms with Gasteiger partial charge < -0.3 is 16.4 Å². The minimum Gasteiger partial charge on any atom is -0.399 e. The Morgan fingerprint density at radius 3 is 2.70 bits per heavy atom. The van der Waals surface area contributed by atoms with Gasteiger partial charge in [0, 0.05) is 18.3 Å². The molecule has 20 heavy (non-hydrogen) atoms. The van der Waals surface area contributed by atoms with Crippen molar-refractivity contribution in [3.8, 4) is 0 Å². The lowest BCUT2D eigenvalue weighted by atomic mass is 10.2. The van der Waals surface area contributed by atoms with Crippen molar-refractivity contribution in [2.24, 2.45) is 5.92 Å². The first-order valence-corrected chi connectivity index (χ1v) is 6.55. The van der Waals surface area contributed by atoms with E-state index in [1.165, 1.54) is 6.08 Å². The first-order chi connectivity index (χ1) is 9.47. The summed E-state index contributed by atoms with van der Waals surface area (Å²) in [6, 6.07) is 7.19. The lowest BCUT2D eigenvalue weighted by Gasteiger charge is -2.07. The third kappa shape index (κ3) is 6.58. The smallest absolute Gasteiger partial charge is 0.244 e. The summed E-state index contributed by atoms with van der Waals surface area (Å²) in [4.78, 5) is 22.9. The second-order valence-electron chi connectivity index (χ2n) is 4.92. The summed E-state index contributed by atoms with van der Waals surface area (Å²) in [6.07, 6.45) is 3.03. The zero-order valence-corrected chi connectivity index (χ0v) is 11.8. The Bertz CT molecular complexity index is 496. The number of benzene rings is 1. The van der Waals surface area contributed by atoms with E-state index in [0.29, 0.717) is 18.2 Å². The molecule has 0 aliphatic heterocycles. The van der Waals surface area contributed by atoms with Crippen LogP contribution in [0.4, 0.5) is 5.69 Å². The van der Waals surface area contributed by atoms with E-state index < -0.39 is 0 Å². The van der Waals surface area contributed by atoms with Crippen molar-refractivity contribution in [3.63, 3.8) is 0 Å². The molecule has 1 aromatic rings. The van der Waals surface area contributed by atoms with Crippen LogP contribution in [0.25, 0.3) is 6.08 Å². The number of nitrogen functional groups attached to an aromatic ring is 1. The Hall–Kier alpha value is -2.30. The molecule has 0 aromatic heterocycles. The van der Waals surface area contributed by atoms with Gasteiger partial charge in [-0.25, -0.2) is 0 Å². The molecule has 0 bridgehead atoms. The fourth-order valence-corrected chi connectivity index (χ4v) is 1.44. The molecule has 0 fully saturated rings. The normalized spacial score (nSPS) is 10.8. The van der Waals surface area contributed by atoms with E-state index in [0.717, 1.165) is 5.56 Å². The molecule has 0 aliphatic carbocycles. The van der Waals surface area contributed by atoms with Crippen molar-refractivity contribution in [2.45, 2.75) is 13.8 Å². The number of rotatable bonds is 6. The van der Waals surface area contributed by atoms with Crippen molar-refractivity contribution in [3.05, 3.63) is 35.9 Å². The molecule has 5 nitrogen and oxygen atoms in total. The van der Waals surface area contributed by atoms with E-state index in [1.807, 2.05) is 26.0 Å². The summed E-state index contributed by atoms with van der Waals surface area (Å²) in [5.74, 6) is -0.116. The number of anilines is 1. The number of hydrogen-bond acceptors (Lipinski definition) is 3. The van der Waals surface area contributed by atoms with Crippen LogP contribution in [0.5, 0.6) is 0 Å². The molecule has 5 heteroatoms. The molecule has 0 saturated carbocycles. The summed E-state index contributed by atoms with van der Waals surface area (Å²) in [7, 11) is 0. The molecule has 0 heterocycles. The van der Waals surface area contributed by atoms with Gasteiger partial charge in [0.25, 0.3) is 0 Å². The summed E-state index contributed by atoms with van der Waals surface area (Å²) >= 11 is 0. The summed E-state index contributed by atoms with van der Waals surface area (Å²) in [5.41, 5.74) is 7.11. The van der Waals surface area contributed by atoms with Gasteiger partial charge in [0.15, 0.2) is 0 Å². The van der Waals surface area contributed by atoms with Gasteiger partial charge in [-0.05, 0) is 29.7 Å². The van der Waals surface area contributed by atoms with Crippen molar-refractivity contribution >= 4 is 23.6 Å². The highest BCUT2D eigenvalue weighted by atomic mass is 16.2. The minimum absolute atomic E-state index is 0.0210. The van der Waals surface area contributed by atoms with E-state index in [-0.39, 0.29) is 18.4 Å². The molecule has 1 rings (SSSR count). The van der Waals surface area contributed by atoms with Crippen molar-refractivity contribution < 1.29 is 9.59 Å². The Morgan fingerprint density at radius 2 is 2.05 bits per heavy atom. The predicted octanol–water partition coefficient (Wildman–Crippen LogP) is 1.17. The van der Waals surface area contributed by atoms with Crippen LogP contribution >= 0.6 is 0 Å². The fourth-order valence-electron chi connectivity index (χ4n) is 1.44. The molecule has 2 amide bonds. The second-order valence-corrected chi connectivity index (χ2v) is 4.92.